The van der Waals surface area contributed by atoms with Gasteiger partial charge in [0, 0.05) is 31.4 Å². The van der Waals surface area contributed by atoms with Crippen LogP contribution in [0.4, 0.5) is 5.69 Å². The van der Waals surface area contributed by atoms with Gasteiger partial charge >= 0.3 is 0 Å². The molecular formula is C16H29N3. The molecule has 1 N–H and O–H groups in total. The molecule has 0 saturated heterocycles. The summed E-state index contributed by atoms with van der Waals surface area (Å²) in [5.41, 5.74) is 4.07. The Kier molecular flexibility index (Phi) is 6.32. The third-order valence-corrected chi connectivity index (χ3v) is 3.45. The van der Waals surface area contributed by atoms with Crippen LogP contribution in [-0.2, 0) is 6.54 Å². The van der Waals surface area contributed by atoms with Crippen LogP contribution in [-0.4, -0.2) is 45.2 Å². The second-order valence-electron chi connectivity index (χ2n) is 5.55. The first-order valence-electron chi connectivity index (χ1n) is 7.15. The van der Waals surface area contributed by atoms with Gasteiger partial charge in [-0.1, -0.05) is 12.1 Å². The minimum atomic E-state index is 0.522. The molecule has 0 amide bonds. The molecule has 1 aromatic carbocycles. The smallest absolute Gasteiger partial charge is 0.0398 e. The maximum absolute atomic E-state index is 3.20. The zero-order valence-electron chi connectivity index (χ0n) is 13.3. The Hall–Kier alpha value is -1.06. The Balaban J connectivity index is 2.92. The van der Waals surface area contributed by atoms with E-state index < -0.39 is 0 Å². The van der Waals surface area contributed by atoms with E-state index in [2.05, 4.69) is 68.2 Å². The van der Waals surface area contributed by atoms with Gasteiger partial charge < -0.3 is 15.1 Å². The average Bonchev–Trinajstić information content (AvgIpc) is 2.32. The molecule has 0 aliphatic carbocycles. The van der Waals surface area contributed by atoms with E-state index in [1.807, 2.05) is 7.05 Å². The normalized spacial score (nSPS) is 12.8. The molecule has 0 aliphatic rings. The number of benzene rings is 1. The van der Waals surface area contributed by atoms with Crippen molar-refractivity contribution in [2.45, 2.75) is 33.4 Å². The van der Waals surface area contributed by atoms with Gasteiger partial charge in [0.25, 0.3) is 0 Å². The molecule has 0 bridgehead atoms. The molecule has 0 fully saturated rings. The molecule has 108 valence electrons. The lowest BCUT2D eigenvalue weighted by molar-refractivity contribution is 0.373. The molecule has 3 nitrogen and oxygen atoms in total. The third-order valence-electron chi connectivity index (χ3n) is 3.45. The van der Waals surface area contributed by atoms with Crippen LogP contribution in [0.15, 0.2) is 18.2 Å². The number of hydrogen-bond acceptors (Lipinski definition) is 3. The highest BCUT2D eigenvalue weighted by Crippen LogP contribution is 2.23. The van der Waals surface area contributed by atoms with Crippen LogP contribution < -0.4 is 10.2 Å². The largest absolute Gasteiger partial charge is 0.368 e. The van der Waals surface area contributed by atoms with Gasteiger partial charge in [-0.15, -0.1) is 0 Å². The number of anilines is 1. The van der Waals surface area contributed by atoms with E-state index >= 15 is 0 Å². The zero-order chi connectivity index (χ0) is 14.4. The van der Waals surface area contributed by atoms with E-state index in [0.717, 1.165) is 19.6 Å². The Morgan fingerprint density at radius 2 is 1.95 bits per heavy atom. The number of rotatable bonds is 7. The van der Waals surface area contributed by atoms with Crippen LogP contribution in [0.25, 0.3) is 0 Å². The van der Waals surface area contributed by atoms with Crippen LogP contribution in [0.3, 0.4) is 0 Å². The van der Waals surface area contributed by atoms with Crippen molar-refractivity contribution in [3.8, 4) is 0 Å². The number of hydrogen-bond donors (Lipinski definition) is 1. The van der Waals surface area contributed by atoms with Gasteiger partial charge in [-0.2, -0.15) is 0 Å². The fourth-order valence-electron chi connectivity index (χ4n) is 2.70. The molecule has 1 aromatic rings. The topological polar surface area (TPSA) is 18.5 Å². The van der Waals surface area contributed by atoms with Crippen molar-refractivity contribution in [3.05, 3.63) is 29.3 Å². The molecule has 0 radical (unpaired) electrons. The highest BCUT2D eigenvalue weighted by Gasteiger charge is 2.15. The summed E-state index contributed by atoms with van der Waals surface area (Å²) in [6, 6.07) is 7.30. The quantitative estimate of drug-likeness (QED) is 0.815. The predicted molar refractivity (Wildman–Crippen MR) is 85.0 cm³/mol. The lowest BCUT2D eigenvalue weighted by Gasteiger charge is -2.33. The number of likely N-dealkylation sites (N-methyl/N-ethyl adjacent to an activating group) is 2. The third kappa shape index (κ3) is 4.51. The number of nitrogens with zero attached hydrogens (tertiary/aromatic N) is 2. The summed E-state index contributed by atoms with van der Waals surface area (Å²) in [5, 5.41) is 3.20. The minimum Gasteiger partial charge on any atom is -0.368 e. The molecule has 0 saturated carbocycles. The molecule has 1 unspecified atom stereocenters. The standard InChI is InChI=1S/C16H29N3/c1-7-19(14(3)12-18(5)6)16-9-8-15(11-17-4)10-13(16)2/h8-10,14,17H,7,11-12H2,1-6H3. The number of aryl methyl sites for hydroxylation is 1. The summed E-state index contributed by atoms with van der Waals surface area (Å²) in [4.78, 5) is 4.73. The highest BCUT2D eigenvalue weighted by molar-refractivity contribution is 5.55. The van der Waals surface area contributed by atoms with E-state index in [4.69, 9.17) is 0 Å². The summed E-state index contributed by atoms with van der Waals surface area (Å²) in [5.74, 6) is 0. The molecule has 3 heteroatoms. The fourth-order valence-corrected chi connectivity index (χ4v) is 2.70. The molecule has 0 aromatic heterocycles. The van der Waals surface area contributed by atoms with Crippen molar-refractivity contribution in [1.29, 1.82) is 0 Å². The van der Waals surface area contributed by atoms with E-state index in [0.29, 0.717) is 6.04 Å². The van der Waals surface area contributed by atoms with Gasteiger partial charge in [-0.05, 0) is 59.1 Å². The summed E-state index contributed by atoms with van der Waals surface area (Å²) in [6.45, 7) is 9.78. The lowest BCUT2D eigenvalue weighted by Crippen LogP contribution is -2.40. The molecule has 0 spiro atoms. The van der Waals surface area contributed by atoms with Gasteiger partial charge in [-0.3, -0.25) is 0 Å². The van der Waals surface area contributed by atoms with Crippen molar-refractivity contribution >= 4 is 5.69 Å². The minimum absolute atomic E-state index is 0.522. The van der Waals surface area contributed by atoms with E-state index in [1.54, 1.807) is 0 Å². The van der Waals surface area contributed by atoms with Gasteiger partial charge in [0.15, 0.2) is 0 Å². The van der Waals surface area contributed by atoms with Crippen LogP contribution >= 0.6 is 0 Å². The molecule has 1 atom stereocenters. The van der Waals surface area contributed by atoms with Gasteiger partial charge in [-0.25, -0.2) is 0 Å². The molecule has 0 heterocycles. The Bertz CT molecular complexity index is 388. The van der Waals surface area contributed by atoms with Crippen LogP contribution in [0.2, 0.25) is 0 Å². The maximum Gasteiger partial charge on any atom is 0.0398 e. The molecule has 1 rings (SSSR count). The van der Waals surface area contributed by atoms with Crippen molar-refractivity contribution < 1.29 is 0 Å². The maximum atomic E-state index is 3.20. The Morgan fingerprint density at radius 3 is 2.42 bits per heavy atom. The van der Waals surface area contributed by atoms with Crippen molar-refractivity contribution in [2.24, 2.45) is 0 Å². The summed E-state index contributed by atoms with van der Waals surface area (Å²) in [7, 11) is 6.25. The molecule has 19 heavy (non-hydrogen) atoms. The SMILES string of the molecule is CCN(c1ccc(CNC)cc1C)C(C)CN(C)C. The number of nitrogens with one attached hydrogen (secondary N) is 1. The molecular weight excluding hydrogens is 234 g/mol. The predicted octanol–water partition coefficient (Wildman–Crippen LogP) is 2.49. The van der Waals surface area contributed by atoms with Gasteiger partial charge in [0.2, 0.25) is 0 Å². The zero-order valence-corrected chi connectivity index (χ0v) is 13.3. The second kappa shape index (κ2) is 7.51. The first-order valence-corrected chi connectivity index (χ1v) is 7.15. The summed E-state index contributed by atoms with van der Waals surface area (Å²) < 4.78 is 0. The average molecular weight is 263 g/mol. The first-order chi connectivity index (χ1) is 8.99. The van der Waals surface area contributed by atoms with Crippen LogP contribution in [0.1, 0.15) is 25.0 Å². The monoisotopic (exact) mass is 263 g/mol. The van der Waals surface area contributed by atoms with Crippen molar-refractivity contribution in [3.63, 3.8) is 0 Å². The first kappa shape index (κ1) is 16.0. The van der Waals surface area contributed by atoms with Crippen molar-refractivity contribution in [1.82, 2.24) is 10.2 Å². The highest BCUT2D eigenvalue weighted by atomic mass is 15.2. The van der Waals surface area contributed by atoms with E-state index in [1.165, 1.54) is 16.8 Å². The summed E-state index contributed by atoms with van der Waals surface area (Å²) >= 11 is 0. The van der Waals surface area contributed by atoms with Crippen LogP contribution in [0.5, 0.6) is 0 Å². The summed E-state index contributed by atoms with van der Waals surface area (Å²) in [6.07, 6.45) is 0. The molecule has 0 aliphatic heterocycles. The van der Waals surface area contributed by atoms with Gasteiger partial charge in [0.05, 0.1) is 0 Å². The lowest BCUT2D eigenvalue weighted by atomic mass is 10.1. The Labute approximate surface area is 118 Å². The van der Waals surface area contributed by atoms with E-state index in [9.17, 15) is 0 Å². The van der Waals surface area contributed by atoms with Gasteiger partial charge in [0.1, 0.15) is 0 Å². The second-order valence-corrected chi connectivity index (χ2v) is 5.55. The fraction of sp³-hybridized carbons (Fsp3) is 0.625. The van der Waals surface area contributed by atoms with Crippen LogP contribution in [0, 0.1) is 6.92 Å². The van der Waals surface area contributed by atoms with Crippen molar-refractivity contribution in [2.75, 3.05) is 39.1 Å². The van der Waals surface area contributed by atoms with E-state index in [-0.39, 0.29) is 0 Å². The Morgan fingerprint density at radius 1 is 1.26 bits per heavy atom.